The average molecular weight is 277 g/mol. The second kappa shape index (κ2) is 5.44. The van der Waals surface area contributed by atoms with Crippen molar-refractivity contribution in [1.29, 1.82) is 0 Å². The number of aryl methyl sites for hydroxylation is 1. The number of anilines is 2. The Morgan fingerprint density at radius 3 is 2.67 bits per heavy atom. The number of fused-ring (bicyclic) bond motifs is 1. The minimum absolute atomic E-state index is 0.221. The third-order valence-corrected chi connectivity index (χ3v) is 3.83. The van der Waals surface area contributed by atoms with Crippen molar-refractivity contribution in [2.75, 3.05) is 11.1 Å². The van der Waals surface area contributed by atoms with Crippen LogP contribution in [0.3, 0.4) is 0 Å². The number of nitrogens with zero attached hydrogens (tertiary/aromatic N) is 1. The van der Waals surface area contributed by atoms with Gasteiger partial charge in [0.2, 0.25) is 0 Å². The molecular formula is C18H19N3. The van der Waals surface area contributed by atoms with Crippen LogP contribution in [-0.2, 0) is 0 Å². The molecule has 0 spiro atoms. The molecule has 1 aromatic heterocycles. The topological polar surface area (TPSA) is 50.9 Å². The van der Waals surface area contributed by atoms with E-state index in [0.29, 0.717) is 5.69 Å². The van der Waals surface area contributed by atoms with Gasteiger partial charge in [0.1, 0.15) is 0 Å². The first kappa shape index (κ1) is 13.4. The Bertz CT molecular complexity index is 780. The molecule has 0 aliphatic carbocycles. The molecule has 106 valence electrons. The largest absolute Gasteiger partial charge is 0.397 e. The molecule has 1 atom stereocenters. The fourth-order valence-corrected chi connectivity index (χ4v) is 2.70. The van der Waals surface area contributed by atoms with Crippen LogP contribution < -0.4 is 11.1 Å². The lowest BCUT2D eigenvalue weighted by Crippen LogP contribution is -2.08. The van der Waals surface area contributed by atoms with Crippen LogP contribution in [0, 0.1) is 6.92 Å². The van der Waals surface area contributed by atoms with Crippen LogP contribution in [0.4, 0.5) is 11.4 Å². The quantitative estimate of drug-likeness (QED) is 0.702. The highest BCUT2D eigenvalue weighted by Crippen LogP contribution is 2.30. The predicted octanol–water partition coefficient (Wildman–Crippen LogP) is 4.30. The van der Waals surface area contributed by atoms with Gasteiger partial charge >= 0.3 is 0 Å². The Kier molecular flexibility index (Phi) is 3.48. The molecule has 0 radical (unpaired) electrons. The van der Waals surface area contributed by atoms with E-state index in [1.54, 1.807) is 6.20 Å². The molecule has 0 amide bonds. The van der Waals surface area contributed by atoms with Gasteiger partial charge in [0.05, 0.1) is 11.2 Å². The summed E-state index contributed by atoms with van der Waals surface area (Å²) in [5.74, 6) is 0. The van der Waals surface area contributed by atoms with Crippen LogP contribution in [0.1, 0.15) is 24.1 Å². The SMILES string of the molecule is Cc1ccccc1C(C)Nc1ccc(N)c2ncccc12. The van der Waals surface area contributed by atoms with Crippen LogP contribution in [0.15, 0.2) is 54.7 Å². The summed E-state index contributed by atoms with van der Waals surface area (Å²) in [4.78, 5) is 4.37. The van der Waals surface area contributed by atoms with Gasteiger partial charge in [0.15, 0.2) is 0 Å². The maximum atomic E-state index is 6.00. The predicted molar refractivity (Wildman–Crippen MR) is 89.4 cm³/mol. The van der Waals surface area contributed by atoms with Crippen LogP contribution in [0.25, 0.3) is 10.9 Å². The first-order valence-electron chi connectivity index (χ1n) is 7.12. The molecule has 2 aromatic carbocycles. The van der Waals surface area contributed by atoms with E-state index < -0.39 is 0 Å². The number of hydrogen-bond acceptors (Lipinski definition) is 3. The van der Waals surface area contributed by atoms with Crippen LogP contribution in [0.2, 0.25) is 0 Å². The Morgan fingerprint density at radius 2 is 1.86 bits per heavy atom. The van der Waals surface area contributed by atoms with Crippen molar-refractivity contribution in [2.45, 2.75) is 19.9 Å². The lowest BCUT2D eigenvalue weighted by Gasteiger charge is -2.19. The number of rotatable bonds is 3. The second-order valence-electron chi connectivity index (χ2n) is 5.32. The molecule has 0 aliphatic rings. The van der Waals surface area contributed by atoms with Crippen LogP contribution in [-0.4, -0.2) is 4.98 Å². The Hall–Kier alpha value is -2.55. The maximum absolute atomic E-state index is 6.00. The fraction of sp³-hybridized carbons (Fsp3) is 0.167. The standard InChI is InChI=1S/C18H19N3/c1-12-6-3-4-7-14(12)13(2)21-17-10-9-16(19)18-15(17)8-5-11-20-18/h3-11,13,21H,19H2,1-2H3. The van der Waals surface area contributed by atoms with Crippen molar-refractivity contribution in [3.05, 3.63) is 65.9 Å². The zero-order valence-electron chi connectivity index (χ0n) is 12.3. The molecule has 0 saturated carbocycles. The van der Waals surface area contributed by atoms with E-state index in [9.17, 15) is 0 Å². The maximum Gasteiger partial charge on any atom is 0.0951 e. The van der Waals surface area contributed by atoms with E-state index in [-0.39, 0.29) is 6.04 Å². The summed E-state index contributed by atoms with van der Waals surface area (Å²) in [6, 6.07) is 16.6. The molecule has 0 bridgehead atoms. The Balaban J connectivity index is 1.99. The van der Waals surface area contributed by atoms with E-state index in [4.69, 9.17) is 5.73 Å². The third kappa shape index (κ3) is 2.55. The van der Waals surface area contributed by atoms with Gasteiger partial charge in [-0.1, -0.05) is 24.3 Å². The zero-order chi connectivity index (χ0) is 14.8. The van der Waals surface area contributed by atoms with Gasteiger partial charge in [-0.25, -0.2) is 0 Å². The molecule has 3 heteroatoms. The van der Waals surface area contributed by atoms with Gasteiger partial charge in [-0.05, 0) is 49.2 Å². The van der Waals surface area contributed by atoms with Gasteiger partial charge in [-0.15, -0.1) is 0 Å². The number of aromatic nitrogens is 1. The van der Waals surface area contributed by atoms with Gasteiger partial charge in [0, 0.05) is 23.3 Å². The van der Waals surface area contributed by atoms with Crippen LogP contribution in [0.5, 0.6) is 0 Å². The summed E-state index contributed by atoms with van der Waals surface area (Å²) in [5.41, 5.74) is 11.2. The normalized spacial score (nSPS) is 12.3. The van der Waals surface area contributed by atoms with E-state index in [0.717, 1.165) is 16.6 Å². The highest BCUT2D eigenvalue weighted by Gasteiger charge is 2.10. The molecule has 3 N–H and O–H groups in total. The highest BCUT2D eigenvalue weighted by atomic mass is 14.9. The first-order chi connectivity index (χ1) is 10.2. The van der Waals surface area contributed by atoms with Crippen molar-refractivity contribution in [3.63, 3.8) is 0 Å². The molecule has 0 saturated heterocycles. The fourth-order valence-electron chi connectivity index (χ4n) is 2.70. The lowest BCUT2D eigenvalue weighted by molar-refractivity contribution is 0.876. The van der Waals surface area contributed by atoms with E-state index >= 15 is 0 Å². The summed E-state index contributed by atoms with van der Waals surface area (Å²) in [7, 11) is 0. The highest BCUT2D eigenvalue weighted by molar-refractivity contribution is 5.98. The van der Waals surface area contributed by atoms with Crippen molar-refractivity contribution in [3.8, 4) is 0 Å². The monoisotopic (exact) mass is 277 g/mol. The summed E-state index contributed by atoms with van der Waals surface area (Å²) >= 11 is 0. The van der Waals surface area contributed by atoms with Gasteiger partial charge < -0.3 is 11.1 Å². The summed E-state index contributed by atoms with van der Waals surface area (Å²) < 4.78 is 0. The van der Waals surface area contributed by atoms with Gasteiger partial charge in [-0.2, -0.15) is 0 Å². The number of hydrogen-bond donors (Lipinski definition) is 2. The summed E-state index contributed by atoms with van der Waals surface area (Å²) in [6.45, 7) is 4.30. The second-order valence-corrected chi connectivity index (χ2v) is 5.32. The van der Waals surface area contributed by atoms with Crippen LogP contribution >= 0.6 is 0 Å². The van der Waals surface area contributed by atoms with Crippen molar-refractivity contribution >= 4 is 22.3 Å². The molecule has 1 unspecified atom stereocenters. The van der Waals surface area contributed by atoms with Gasteiger partial charge in [0.25, 0.3) is 0 Å². The minimum atomic E-state index is 0.221. The number of nitrogens with two attached hydrogens (primary N) is 1. The van der Waals surface area contributed by atoms with E-state index in [2.05, 4.69) is 48.4 Å². The number of benzene rings is 2. The summed E-state index contributed by atoms with van der Waals surface area (Å²) in [5, 5.41) is 4.63. The lowest BCUT2D eigenvalue weighted by atomic mass is 10.0. The van der Waals surface area contributed by atoms with E-state index in [1.807, 2.05) is 24.3 Å². The molecule has 0 aliphatic heterocycles. The number of pyridine rings is 1. The van der Waals surface area contributed by atoms with E-state index in [1.165, 1.54) is 11.1 Å². The molecule has 0 fully saturated rings. The van der Waals surface area contributed by atoms with Crippen molar-refractivity contribution in [2.24, 2.45) is 0 Å². The molecule has 3 nitrogen and oxygen atoms in total. The third-order valence-electron chi connectivity index (χ3n) is 3.83. The Labute approximate surface area is 124 Å². The smallest absolute Gasteiger partial charge is 0.0951 e. The molecule has 21 heavy (non-hydrogen) atoms. The molecular weight excluding hydrogens is 258 g/mol. The number of nitrogens with one attached hydrogen (secondary N) is 1. The summed E-state index contributed by atoms with van der Waals surface area (Å²) in [6.07, 6.45) is 1.77. The Morgan fingerprint density at radius 1 is 1.05 bits per heavy atom. The first-order valence-corrected chi connectivity index (χ1v) is 7.12. The zero-order valence-corrected chi connectivity index (χ0v) is 12.3. The minimum Gasteiger partial charge on any atom is -0.397 e. The van der Waals surface area contributed by atoms with Gasteiger partial charge in [-0.3, -0.25) is 4.98 Å². The average Bonchev–Trinajstić information content (AvgIpc) is 2.51. The molecule has 1 heterocycles. The number of nitrogen functional groups attached to an aromatic ring is 1. The molecule has 3 aromatic rings. The van der Waals surface area contributed by atoms with Crippen molar-refractivity contribution in [1.82, 2.24) is 4.98 Å². The van der Waals surface area contributed by atoms with Crippen molar-refractivity contribution < 1.29 is 0 Å². The molecule has 3 rings (SSSR count).